The third-order valence-corrected chi connectivity index (χ3v) is 3.67. The van der Waals surface area contributed by atoms with Gasteiger partial charge in [-0.1, -0.05) is 32.6 Å². The molecule has 0 bridgehead atoms. The van der Waals surface area contributed by atoms with Gasteiger partial charge in [0.25, 0.3) is 0 Å². The lowest BCUT2D eigenvalue weighted by Crippen LogP contribution is -2.17. The van der Waals surface area contributed by atoms with Crippen LogP contribution in [0.25, 0.3) is 0 Å². The molecule has 3 N–H and O–H groups in total. The van der Waals surface area contributed by atoms with Crippen LogP contribution in [-0.4, -0.2) is 9.97 Å². The van der Waals surface area contributed by atoms with Crippen molar-refractivity contribution in [2.24, 2.45) is 5.73 Å². The lowest BCUT2D eigenvalue weighted by Gasteiger charge is -2.15. The van der Waals surface area contributed by atoms with Crippen LogP contribution in [-0.2, 0) is 12.8 Å². The van der Waals surface area contributed by atoms with E-state index < -0.39 is 0 Å². The van der Waals surface area contributed by atoms with Crippen molar-refractivity contribution in [3.05, 3.63) is 17.2 Å². The molecule has 0 aromatic carbocycles. The van der Waals surface area contributed by atoms with E-state index in [-0.39, 0.29) is 6.04 Å². The minimum atomic E-state index is 0.170. The first-order valence-corrected chi connectivity index (χ1v) is 7.14. The zero-order valence-corrected chi connectivity index (χ0v) is 11.0. The van der Waals surface area contributed by atoms with Crippen molar-refractivity contribution in [3.8, 4) is 0 Å². The van der Waals surface area contributed by atoms with Gasteiger partial charge >= 0.3 is 0 Å². The minimum absolute atomic E-state index is 0.170. The Morgan fingerprint density at radius 3 is 2.88 bits per heavy atom. The summed E-state index contributed by atoms with van der Waals surface area (Å²) in [6, 6.07) is 0.170. The second kappa shape index (κ2) is 6.20. The summed E-state index contributed by atoms with van der Waals surface area (Å²) in [6.45, 7) is 2.25. The highest BCUT2D eigenvalue weighted by Crippen LogP contribution is 2.26. The molecule has 0 fully saturated rings. The van der Waals surface area contributed by atoms with E-state index in [1.807, 2.05) is 0 Å². The number of nitrogens with one attached hydrogen (secondary N) is 1. The Labute approximate surface area is 104 Å². The highest BCUT2D eigenvalue weighted by atomic mass is 15.0. The molecule has 0 radical (unpaired) electrons. The molecule has 1 aliphatic rings. The third kappa shape index (κ3) is 3.32. The Bertz CT molecular complexity index is 343. The molecule has 1 aromatic heterocycles. The van der Waals surface area contributed by atoms with Crippen LogP contribution in [0.1, 0.15) is 75.1 Å². The van der Waals surface area contributed by atoms with Crippen molar-refractivity contribution < 1.29 is 0 Å². The quantitative estimate of drug-likeness (QED) is 0.744. The fraction of sp³-hybridized carbons (Fsp3) is 0.786. The fourth-order valence-electron chi connectivity index (χ4n) is 2.63. The molecule has 1 aromatic rings. The molecule has 0 saturated carbocycles. The molecule has 1 atom stereocenters. The number of hydrogen-bond acceptors (Lipinski definition) is 2. The maximum absolute atomic E-state index is 6.07. The highest BCUT2D eigenvalue weighted by Gasteiger charge is 2.20. The topological polar surface area (TPSA) is 54.7 Å². The molecule has 3 nitrogen and oxygen atoms in total. The van der Waals surface area contributed by atoms with Crippen LogP contribution < -0.4 is 5.73 Å². The number of aromatic nitrogens is 2. The first-order chi connectivity index (χ1) is 8.31. The molecule has 1 heterocycles. The van der Waals surface area contributed by atoms with Crippen LogP contribution in [0.4, 0.5) is 0 Å². The predicted octanol–water partition coefficient (Wildman–Crippen LogP) is 3.26. The molecule has 3 heteroatoms. The summed E-state index contributed by atoms with van der Waals surface area (Å²) >= 11 is 0. The zero-order chi connectivity index (χ0) is 12.1. The van der Waals surface area contributed by atoms with E-state index in [4.69, 9.17) is 5.73 Å². The van der Waals surface area contributed by atoms with E-state index in [0.717, 1.165) is 30.8 Å². The Morgan fingerprint density at radius 1 is 1.29 bits per heavy atom. The summed E-state index contributed by atoms with van der Waals surface area (Å²) in [5.41, 5.74) is 8.51. The van der Waals surface area contributed by atoms with Crippen LogP contribution in [0.15, 0.2) is 0 Å². The van der Waals surface area contributed by atoms with Crippen molar-refractivity contribution >= 4 is 0 Å². The van der Waals surface area contributed by atoms with Gasteiger partial charge in [0.05, 0.1) is 5.69 Å². The first-order valence-electron chi connectivity index (χ1n) is 7.14. The lowest BCUT2D eigenvalue weighted by atomic mass is 9.97. The molecule has 0 spiro atoms. The summed E-state index contributed by atoms with van der Waals surface area (Å²) in [7, 11) is 0. The lowest BCUT2D eigenvalue weighted by molar-refractivity contribution is 0.555. The summed E-state index contributed by atoms with van der Waals surface area (Å²) in [4.78, 5) is 8.13. The average Bonchev–Trinajstić information content (AvgIpc) is 2.73. The molecule has 96 valence electrons. The van der Waals surface area contributed by atoms with Crippen LogP contribution in [0.3, 0.4) is 0 Å². The van der Waals surface area contributed by atoms with Gasteiger partial charge in [-0.15, -0.1) is 0 Å². The molecular weight excluding hydrogens is 210 g/mol. The predicted molar refractivity (Wildman–Crippen MR) is 70.9 cm³/mol. The number of nitrogens with zero attached hydrogens (tertiary/aromatic N) is 1. The molecule has 1 unspecified atom stereocenters. The van der Waals surface area contributed by atoms with E-state index in [1.54, 1.807) is 0 Å². The van der Waals surface area contributed by atoms with Crippen LogP contribution in [0.5, 0.6) is 0 Å². The number of aryl methyl sites for hydroxylation is 2. The van der Waals surface area contributed by atoms with E-state index in [1.165, 1.54) is 44.2 Å². The molecule has 1 aliphatic carbocycles. The van der Waals surface area contributed by atoms with Gasteiger partial charge in [-0.25, -0.2) is 4.98 Å². The van der Waals surface area contributed by atoms with E-state index in [2.05, 4.69) is 16.9 Å². The number of unbranched alkanes of at least 4 members (excludes halogenated alkanes) is 4. The highest BCUT2D eigenvalue weighted by molar-refractivity contribution is 5.21. The molecule has 2 rings (SSSR count). The van der Waals surface area contributed by atoms with Gasteiger partial charge in [0.1, 0.15) is 5.82 Å². The standard InChI is InChI=1S/C14H25N3/c1-2-3-4-5-6-10-13-16-12-9-7-8-11(15)14(12)17-13/h11H,2-10,15H2,1H3,(H,16,17). The Balaban J connectivity index is 1.81. The number of rotatable bonds is 6. The number of hydrogen-bond donors (Lipinski definition) is 2. The monoisotopic (exact) mass is 235 g/mol. The largest absolute Gasteiger partial charge is 0.346 e. The number of fused-ring (bicyclic) bond motifs is 1. The second-order valence-corrected chi connectivity index (χ2v) is 5.21. The molecule has 17 heavy (non-hydrogen) atoms. The fourth-order valence-corrected chi connectivity index (χ4v) is 2.63. The Morgan fingerprint density at radius 2 is 2.12 bits per heavy atom. The van der Waals surface area contributed by atoms with E-state index >= 15 is 0 Å². The second-order valence-electron chi connectivity index (χ2n) is 5.21. The zero-order valence-electron chi connectivity index (χ0n) is 11.0. The number of imidazole rings is 1. The van der Waals surface area contributed by atoms with Crippen molar-refractivity contribution in [3.63, 3.8) is 0 Å². The summed E-state index contributed by atoms with van der Waals surface area (Å²) < 4.78 is 0. The van der Waals surface area contributed by atoms with Gasteiger partial charge in [-0.05, 0) is 25.7 Å². The van der Waals surface area contributed by atoms with Gasteiger partial charge in [-0.2, -0.15) is 0 Å². The average molecular weight is 235 g/mol. The molecule has 0 saturated heterocycles. The van der Waals surface area contributed by atoms with Crippen LogP contribution in [0.2, 0.25) is 0 Å². The van der Waals surface area contributed by atoms with Crippen molar-refractivity contribution in [2.75, 3.05) is 0 Å². The van der Waals surface area contributed by atoms with E-state index in [0.29, 0.717) is 0 Å². The van der Waals surface area contributed by atoms with Gasteiger partial charge in [-0.3, -0.25) is 0 Å². The van der Waals surface area contributed by atoms with Gasteiger partial charge in [0.15, 0.2) is 0 Å². The van der Waals surface area contributed by atoms with Crippen LogP contribution >= 0.6 is 0 Å². The van der Waals surface area contributed by atoms with Crippen molar-refractivity contribution in [2.45, 2.75) is 70.8 Å². The molecule has 0 amide bonds. The van der Waals surface area contributed by atoms with E-state index in [9.17, 15) is 0 Å². The maximum atomic E-state index is 6.07. The van der Waals surface area contributed by atoms with Gasteiger partial charge in [0, 0.05) is 18.2 Å². The minimum Gasteiger partial charge on any atom is -0.346 e. The smallest absolute Gasteiger partial charge is 0.106 e. The Hall–Kier alpha value is -0.830. The van der Waals surface area contributed by atoms with Gasteiger partial charge < -0.3 is 10.7 Å². The van der Waals surface area contributed by atoms with Crippen molar-refractivity contribution in [1.82, 2.24) is 9.97 Å². The molecular formula is C14H25N3. The number of aromatic amines is 1. The summed E-state index contributed by atoms with van der Waals surface area (Å²) in [5, 5.41) is 0. The number of nitrogens with two attached hydrogens (primary N) is 1. The number of H-pyrrole nitrogens is 1. The van der Waals surface area contributed by atoms with Crippen LogP contribution in [0, 0.1) is 0 Å². The molecule has 0 aliphatic heterocycles. The SMILES string of the molecule is CCCCCCCc1nc2c([nH]1)CCCC2N. The summed E-state index contributed by atoms with van der Waals surface area (Å²) in [5.74, 6) is 1.16. The van der Waals surface area contributed by atoms with Crippen molar-refractivity contribution in [1.29, 1.82) is 0 Å². The van der Waals surface area contributed by atoms with Gasteiger partial charge in [0.2, 0.25) is 0 Å². The summed E-state index contributed by atoms with van der Waals surface area (Å²) in [6.07, 6.45) is 11.1. The third-order valence-electron chi connectivity index (χ3n) is 3.67. The Kier molecular flexibility index (Phi) is 4.60. The maximum Gasteiger partial charge on any atom is 0.106 e. The normalized spacial score (nSPS) is 19.3. The first kappa shape index (κ1) is 12.6.